The molecule has 3 aliphatic rings. The molecule has 0 unspecified atom stereocenters. The maximum absolute atomic E-state index is 5.09. The van der Waals surface area contributed by atoms with E-state index in [1.54, 1.807) is 11.1 Å². The zero-order valence-electron chi connectivity index (χ0n) is 17.4. The lowest BCUT2D eigenvalue weighted by Crippen LogP contribution is -2.51. The summed E-state index contributed by atoms with van der Waals surface area (Å²) < 4.78 is 0. The fourth-order valence-corrected chi connectivity index (χ4v) is 5.48. The lowest BCUT2D eigenvalue weighted by molar-refractivity contribution is 0.190. The van der Waals surface area contributed by atoms with E-state index in [0.29, 0.717) is 6.04 Å². The number of piperazine rings is 1. The molecule has 0 N–H and O–H groups in total. The standard InChI is InChI=1S/C26H28N4/c1-2-7-19(8-3-1)25-27-24-12-6-11-23(24)26(28-25)30-15-13-29(14-16-30)22-17-20-9-4-5-10-21(20)18-22/h1-5,7-10,22H,6,11-18H2. The Hall–Kier alpha value is -2.72. The third-order valence-corrected chi connectivity index (χ3v) is 7.10. The molecule has 4 heteroatoms. The van der Waals surface area contributed by atoms with Gasteiger partial charge in [-0.3, -0.25) is 4.90 Å². The third-order valence-electron chi connectivity index (χ3n) is 7.10. The third kappa shape index (κ3) is 3.20. The number of anilines is 1. The summed E-state index contributed by atoms with van der Waals surface area (Å²) in [7, 11) is 0. The fraction of sp³-hybridized carbons (Fsp3) is 0.385. The lowest BCUT2D eigenvalue weighted by Gasteiger charge is -2.39. The van der Waals surface area contributed by atoms with E-state index in [0.717, 1.165) is 50.4 Å². The molecule has 2 aliphatic carbocycles. The minimum Gasteiger partial charge on any atom is -0.354 e. The van der Waals surface area contributed by atoms with Gasteiger partial charge < -0.3 is 4.90 Å². The maximum Gasteiger partial charge on any atom is 0.161 e. The SMILES string of the molecule is c1ccc(-c2nc3c(c(N4CCN(C5Cc6ccccc6C5)CC4)n2)CCC3)cc1. The van der Waals surface area contributed by atoms with Gasteiger partial charge in [-0.1, -0.05) is 54.6 Å². The molecule has 0 bridgehead atoms. The molecule has 0 amide bonds. The first kappa shape index (κ1) is 18.1. The Morgan fingerprint density at radius 1 is 0.733 bits per heavy atom. The highest BCUT2D eigenvalue weighted by atomic mass is 15.3. The summed E-state index contributed by atoms with van der Waals surface area (Å²) in [4.78, 5) is 15.3. The van der Waals surface area contributed by atoms with Crippen LogP contribution in [0.25, 0.3) is 11.4 Å². The molecule has 152 valence electrons. The predicted molar refractivity (Wildman–Crippen MR) is 121 cm³/mol. The molecule has 1 fully saturated rings. The van der Waals surface area contributed by atoms with Gasteiger partial charge in [-0.25, -0.2) is 9.97 Å². The highest BCUT2D eigenvalue weighted by molar-refractivity contribution is 5.61. The van der Waals surface area contributed by atoms with Gasteiger partial charge in [-0.2, -0.15) is 0 Å². The number of aryl methyl sites for hydroxylation is 1. The van der Waals surface area contributed by atoms with E-state index in [2.05, 4.69) is 64.4 Å². The van der Waals surface area contributed by atoms with Crippen molar-refractivity contribution in [2.45, 2.75) is 38.1 Å². The quantitative estimate of drug-likeness (QED) is 0.672. The monoisotopic (exact) mass is 396 g/mol. The Morgan fingerprint density at radius 3 is 2.17 bits per heavy atom. The van der Waals surface area contributed by atoms with Gasteiger partial charge in [0.2, 0.25) is 0 Å². The van der Waals surface area contributed by atoms with Gasteiger partial charge in [-0.15, -0.1) is 0 Å². The first-order chi connectivity index (χ1) is 14.8. The van der Waals surface area contributed by atoms with Crippen LogP contribution in [0.3, 0.4) is 0 Å². The van der Waals surface area contributed by atoms with Crippen LogP contribution in [-0.4, -0.2) is 47.1 Å². The van der Waals surface area contributed by atoms with Crippen molar-refractivity contribution >= 4 is 5.82 Å². The highest BCUT2D eigenvalue weighted by Crippen LogP contribution is 2.33. The Kier molecular flexibility index (Phi) is 4.53. The minimum absolute atomic E-state index is 0.667. The molecule has 30 heavy (non-hydrogen) atoms. The molecule has 1 saturated heterocycles. The van der Waals surface area contributed by atoms with Crippen LogP contribution >= 0.6 is 0 Å². The molecular formula is C26H28N4. The number of fused-ring (bicyclic) bond motifs is 2. The number of hydrogen-bond donors (Lipinski definition) is 0. The van der Waals surface area contributed by atoms with Crippen LogP contribution in [-0.2, 0) is 25.7 Å². The van der Waals surface area contributed by atoms with Gasteiger partial charge in [0.25, 0.3) is 0 Å². The second-order valence-corrected chi connectivity index (χ2v) is 8.87. The Balaban J connectivity index is 1.22. The normalized spacial score (nSPS) is 19.1. The molecule has 1 aromatic heterocycles. The number of aromatic nitrogens is 2. The number of hydrogen-bond acceptors (Lipinski definition) is 4. The van der Waals surface area contributed by atoms with Crippen molar-refractivity contribution in [3.8, 4) is 11.4 Å². The molecule has 0 spiro atoms. The van der Waals surface area contributed by atoms with Crippen LogP contribution in [0.1, 0.15) is 28.8 Å². The zero-order chi connectivity index (χ0) is 19.9. The first-order valence-corrected chi connectivity index (χ1v) is 11.4. The van der Waals surface area contributed by atoms with Crippen molar-refractivity contribution in [3.05, 3.63) is 77.0 Å². The van der Waals surface area contributed by atoms with Gasteiger partial charge in [0, 0.05) is 49.0 Å². The van der Waals surface area contributed by atoms with E-state index >= 15 is 0 Å². The Bertz CT molecular complexity index is 1030. The van der Waals surface area contributed by atoms with Crippen molar-refractivity contribution in [3.63, 3.8) is 0 Å². The van der Waals surface area contributed by atoms with Crippen LogP contribution in [0, 0.1) is 0 Å². The highest BCUT2D eigenvalue weighted by Gasteiger charge is 2.31. The molecule has 0 saturated carbocycles. The van der Waals surface area contributed by atoms with Gasteiger partial charge in [-0.05, 0) is 43.2 Å². The largest absolute Gasteiger partial charge is 0.354 e. The van der Waals surface area contributed by atoms with Crippen LogP contribution in [0.4, 0.5) is 5.82 Å². The zero-order valence-corrected chi connectivity index (χ0v) is 17.4. The van der Waals surface area contributed by atoms with E-state index < -0.39 is 0 Å². The summed E-state index contributed by atoms with van der Waals surface area (Å²) >= 11 is 0. The van der Waals surface area contributed by atoms with Crippen LogP contribution in [0.15, 0.2) is 54.6 Å². The maximum atomic E-state index is 5.09. The lowest BCUT2D eigenvalue weighted by atomic mass is 10.1. The molecule has 0 radical (unpaired) electrons. The van der Waals surface area contributed by atoms with E-state index in [9.17, 15) is 0 Å². The summed E-state index contributed by atoms with van der Waals surface area (Å²) in [5, 5.41) is 0. The smallest absolute Gasteiger partial charge is 0.161 e. The molecule has 0 atom stereocenters. The average Bonchev–Trinajstić information content (AvgIpc) is 3.46. The molecule has 4 nitrogen and oxygen atoms in total. The molecule has 2 heterocycles. The summed E-state index contributed by atoms with van der Waals surface area (Å²) in [6.45, 7) is 4.37. The van der Waals surface area contributed by atoms with Crippen molar-refractivity contribution < 1.29 is 0 Å². The predicted octanol–water partition coefficient (Wildman–Crippen LogP) is 3.92. The summed E-state index contributed by atoms with van der Waals surface area (Å²) in [6.07, 6.45) is 5.83. The van der Waals surface area contributed by atoms with E-state index in [4.69, 9.17) is 9.97 Å². The average molecular weight is 397 g/mol. The van der Waals surface area contributed by atoms with Crippen LogP contribution in [0.2, 0.25) is 0 Å². The van der Waals surface area contributed by atoms with E-state index in [-0.39, 0.29) is 0 Å². The van der Waals surface area contributed by atoms with Crippen molar-refractivity contribution in [2.75, 3.05) is 31.1 Å². The molecule has 1 aliphatic heterocycles. The van der Waals surface area contributed by atoms with E-state index in [1.807, 2.05) is 0 Å². The number of nitrogens with zero attached hydrogens (tertiary/aromatic N) is 4. The van der Waals surface area contributed by atoms with Crippen molar-refractivity contribution in [2.24, 2.45) is 0 Å². The second-order valence-electron chi connectivity index (χ2n) is 8.87. The molecule has 2 aromatic carbocycles. The fourth-order valence-electron chi connectivity index (χ4n) is 5.48. The number of benzene rings is 2. The van der Waals surface area contributed by atoms with Gasteiger partial charge in [0.05, 0.1) is 0 Å². The van der Waals surface area contributed by atoms with E-state index in [1.165, 1.54) is 36.3 Å². The number of rotatable bonds is 3. The van der Waals surface area contributed by atoms with Gasteiger partial charge >= 0.3 is 0 Å². The minimum atomic E-state index is 0.667. The summed E-state index contributed by atoms with van der Waals surface area (Å²) in [6, 6.07) is 20.1. The molecular weight excluding hydrogens is 368 g/mol. The summed E-state index contributed by atoms with van der Waals surface area (Å²) in [5.74, 6) is 2.09. The second kappa shape index (κ2) is 7.51. The van der Waals surface area contributed by atoms with Crippen molar-refractivity contribution in [1.82, 2.24) is 14.9 Å². The Morgan fingerprint density at radius 2 is 1.43 bits per heavy atom. The first-order valence-electron chi connectivity index (χ1n) is 11.4. The Labute approximate surface area is 178 Å². The van der Waals surface area contributed by atoms with Crippen LogP contribution < -0.4 is 4.90 Å². The van der Waals surface area contributed by atoms with Crippen molar-refractivity contribution in [1.29, 1.82) is 0 Å². The molecule has 3 aromatic rings. The molecule has 6 rings (SSSR count). The topological polar surface area (TPSA) is 32.3 Å². The summed E-state index contributed by atoms with van der Waals surface area (Å²) in [5.41, 5.74) is 6.89. The van der Waals surface area contributed by atoms with Crippen LogP contribution in [0.5, 0.6) is 0 Å². The van der Waals surface area contributed by atoms with Gasteiger partial charge in [0.15, 0.2) is 5.82 Å². The van der Waals surface area contributed by atoms with Gasteiger partial charge in [0.1, 0.15) is 5.82 Å².